The first-order valence-corrected chi connectivity index (χ1v) is 13.2. The first kappa shape index (κ1) is 20.1. The summed E-state index contributed by atoms with van der Waals surface area (Å²) in [4.78, 5) is 14.9. The molecule has 0 spiro atoms. The van der Waals surface area contributed by atoms with E-state index in [9.17, 15) is 8.42 Å². The van der Waals surface area contributed by atoms with Crippen molar-refractivity contribution in [2.45, 2.75) is 14.3 Å². The molecule has 0 aliphatic heterocycles. The molecule has 148 valence electrons. The van der Waals surface area contributed by atoms with Gasteiger partial charge in [-0.2, -0.15) is 0 Å². The van der Waals surface area contributed by atoms with Crippen LogP contribution >= 0.6 is 34.9 Å². The van der Waals surface area contributed by atoms with Crippen LogP contribution in [0, 0.1) is 0 Å². The quantitative estimate of drug-likeness (QED) is 0.320. The summed E-state index contributed by atoms with van der Waals surface area (Å²) >= 11 is 4.16. The Morgan fingerprint density at radius 3 is 2.62 bits per heavy atom. The van der Waals surface area contributed by atoms with E-state index in [1.165, 1.54) is 34.9 Å². The normalized spacial score (nSPS) is 11.7. The maximum atomic E-state index is 13.0. The number of nitrogens with one attached hydrogen (secondary N) is 1. The summed E-state index contributed by atoms with van der Waals surface area (Å²) in [6, 6.07) is 12.5. The Balaban J connectivity index is 1.70. The number of fused-ring (bicyclic) bond motifs is 1. The minimum atomic E-state index is -3.75. The zero-order valence-electron chi connectivity index (χ0n) is 15.5. The zero-order chi connectivity index (χ0) is 20.4. The summed E-state index contributed by atoms with van der Waals surface area (Å²) in [7, 11) is -3.75. The van der Waals surface area contributed by atoms with Gasteiger partial charge in [-0.3, -0.25) is 9.71 Å². The van der Waals surface area contributed by atoms with E-state index in [1.54, 1.807) is 36.7 Å². The Bertz CT molecular complexity index is 1280. The fourth-order valence-electron chi connectivity index (χ4n) is 2.75. The first-order chi connectivity index (χ1) is 14.0. The van der Waals surface area contributed by atoms with Gasteiger partial charge in [-0.05, 0) is 36.8 Å². The van der Waals surface area contributed by atoms with Gasteiger partial charge in [-0.1, -0.05) is 30.0 Å². The molecule has 0 radical (unpaired) electrons. The van der Waals surface area contributed by atoms with Crippen LogP contribution in [0.15, 0.2) is 69.1 Å². The van der Waals surface area contributed by atoms with Crippen LogP contribution in [-0.4, -0.2) is 35.9 Å². The molecule has 3 heterocycles. The number of benzene rings is 1. The molecule has 3 aromatic heterocycles. The predicted octanol–water partition coefficient (Wildman–Crippen LogP) is 5.00. The van der Waals surface area contributed by atoms with Crippen molar-refractivity contribution in [3.05, 3.63) is 54.9 Å². The largest absolute Gasteiger partial charge is 0.277 e. The number of hydrogen-bond donors (Lipinski definition) is 1. The lowest BCUT2D eigenvalue weighted by Gasteiger charge is -2.09. The van der Waals surface area contributed by atoms with Gasteiger partial charge in [0.25, 0.3) is 10.0 Å². The van der Waals surface area contributed by atoms with Crippen molar-refractivity contribution < 1.29 is 8.42 Å². The predicted molar refractivity (Wildman–Crippen MR) is 121 cm³/mol. The van der Waals surface area contributed by atoms with E-state index < -0.39 is 10.0 Å². The summed E-state index contributed by atoms with van der Waals surface area (Å²) in [6.45, 7) is 0. The summed E-state index contributed by atoms with van der Waals surface area (Å²) in [5.41, 5.74) is 1.81. The van der Waals surface area contributed by atoms with E-state index in [4.69, 9.17) is 0 Å². The van der Waals surface area contributed by atoms with Crippen molar-refractivity contribution in [2.75, 3.05) is 17.2 Å². The van der Waals surface area contributed by atoms with Gasteiger partial charge in [-0.25, -0.2) is 18.4 Å². The van der Waals surface area contributed by atoms with Gasteiger partial charge >= 0.3 is 0 Å². The molecular formula is C19H16N4O2S4. The molecule has 0 amide bonds. The summed E-state index contributed by atoms with van der Waals surface area (Å²) in [5, 5.41) is 1.52. The molecular weight excluding hydrogens is 445 g/mol. The summed E-state index contributed by atoms with van der Waals surface area (Å²) in [5.74, 6) is 0. The Kier molecular flexibility index (Phi) is 5.77. The van der Waals surface area contributed by atoms with E-state index >= 15 is 0 Å². The lowest BCUT2D eigenvalue weighted by atomic mass is 10.2. The molecule has 29 heavy (non-hydrogen) atoms. The second kappa shape index (κ2) is 8.31. The number of aromatic nitrogens is 3. The molecule has 6 nitrogen and oxygen atoms in total. The Morgan fingerprint density at radius 2 is 1.83 bits per heavy atom. The van der Waals surface area contributed by atoms with Crippen molar-refractivity contribution in [2.24, 2.45) is 0 Å². The fraction of sp³-hybridized carbons (Fsp3) is 0.105. The van der Waals surface area contributed by atoms with Crippen LogP contribution in [0.1, 0.15) is 0 Å². The molecule has 0 bridgehead atoms. The molecule has 0 saturated carbocycles. The second-order valence-corrected chi connectivity index (χ2v) is 10.5. The zero-order valence-corrected chi connectivity index (χ0v) is 18.8. The van der Waals surface area contributed by atoms with Crippen LogP contribution in [0.5, 0.6) is 0 Å². The van der Waals surface area contributed by atoms with Gasteiger partial charge in [0.15, 0.2) is 5.16 Å². The van der Waals surface area contributed by atoms with E-state index in [0.29, 0.717) is 16.4 Å². The fourth-order valence-corrected chi connectivity index (χ4v) is 6.04. The molecule has 0 unspecified atom stereocenters. The monoisotopic (exact) mass is 460 g/mol. The molecule has 0 fully saturated rings. The van der Waals surface area contributed by atoms with Crippen LogP contribution in [-0.2, 0) is 10.0 Å². The minimum absolute atomic E-state index is 0.219. The average Bonchev–Trinajstić information content (AvgIpc) is 3.24. The molecule has 10 heteroatoms. The highest BCUT2D eigenvalue weighted by Gasteiger charge is 2.20. The highest BCUT2D eigenvalue weighted by Crippen LogP contribution is 2.36. The molecule has 0 aliphatic carbocycles. The van der Waals surface area contributed by atoms with Crippen molar-refractivity contribution in [3.8, 4) is 10.6 Å². The van der Waals surface area contributed by atoms with Crippen LogP contribution < -0.4 is 4.72 Å². The SMILES string of the molecule is CSc1ncc(SC)c(-c2ccc(S(=O)(=O)Nc3cccc4cccnc34)s2)n1. The number of para-hydroxylation sites is 1. The molecule has 1 aromatic carbocycles. The van der Waals surface area contributed by atoms with E-state index in [1.807, 2.05) is 30.7 Å². The Labute approximate surface area is 181 Å². The lowest BCUT2D eigenvalue weighted by Crippen LogP contribution is -2.11. The number of sulfonamides is 1. The third-order valence-electron chi connectivity index (χ3n) is 4.09. The molecule has 0 saturated heterocycles. The average molecular weight is 461 g/mol. The van der Waals surface area contributed by atoms with Crippen LogP contribution in [0.4, 0.5) is 5.69 Å². The standard InChI is InChI=1S/C19H16N4O2S4/c1-26-15-11-21-19(27-2)22-18(15)14-8-9-16(28-14)29(24,25)23-13-7-3-5-12-6-4-10-20-17(12)13/h3-11,23H,1-2H3. The van der Waals surface area contributed by atoms with Crippen LogP contribution in [0.25, 0.3) is 21.5 Å². The summed E-state index contributed by atoms with van der Waals surface area (Å²) < 4.78 is 28.9. The van der Waals surface area contributed by atoms with Crippen molar-refractivity contribution in [3.63, 3.8) is 0 Å². The van der Waals surface area contributed by atoms with Gasteiger partial charge < -0.3 is 0 Å². The molecule has 0 aliphatic rings. The van der Waals surface area contributed by atoms with Crippen LogP contribution in [0.3, 0.4) is 0 Å². The van der Waals surface area contributed by atoms with E-state index in [0.717, 1.165) is 20.9 Å². The Hall–Kier alpha value is -2.14. The smallest absolute Gasteiger partial charge is 0.271 e. The number of rotatable bonds is 6. The number of thiophene rings is 1. The topological polar surface area (TPSA) is 84.8 Å². The third kappa shape index (κ3) is 4.11. The molecule has 1 N–H and O–H groups in total. The third-order valence-corrected chi connectivity index (χ3v) is 8.34. The summed E-state index contributed by atoms with van der Waals surface area (Å²) in [6.07, 6.45) is 7.27. The number of pyridine rings is 1. The van der Waals surface area contributed by atoms with Crippen molar-refractivity contribution >= 4 is 61.5 Å². The molecule has 0 atom stereocenters. The lowest BCUT2D eigenvalue weighted by molar-refractivity contribution is 0.603. The van der Waals surface area contributed by atoms with E-state index in [-0.39, 0.29) is 4.21 Å². The number of hydrogen-bond acceptors (Lipinski definition) is 8. The highest BCUT2D eigenvalue weighted by molar-refractivity contribution is 7.99. The maximum absolute atomic E-state index is 13.0. The number of nitrogens with zero attached hydrogens (tertiary/aromatic N) is 3. The highest BCUT2D eigenvalue weighted by atomic mass is 32.2. The number of anilines is 1. The minimum Gasteiger partial charge on any atom is -0.277 e. The van der Waals surface area contributed by atoms with E-state index in [2.05, 4.69) is 19.7 Å². The second-order valence-electron chi connectivity index (χ2n) is 5.88. The van der Waals surface area contributed by atoms with Crippen LogP contribution in [0.2, 0.25) is 0 Å². The van der Waals surface area contributed by atoms with Gasteiger partial charge in [0.05, 0.1) is 26.7 Å². The molecule has 4 aromatic rings. The van der Waals surface area contributed by atoms with Gasteiger partial charge in [0, 0.05) is 17.8 Å². The number of thioether (sulfide) groups is 2. The van der Waals surface area contributed by atoms with Gasteiger partial charge in [0.1, 0.15) is 4.21 Å². The molecule has 4 rings (SSSR count). The first-order valence-electron chi connectivity index (χ1n) is 8.43. The maximum Gasteiger partial charge on any atom is 0.271 e. The van der Waals surface area contributed by atoms with Gasteiger partial charge in [0.2, 0.25) is 0 Å². The van der Waals surface area contributed by atoms with Crippen molar-refractivity contribution in [1.82, 2.24) is 15.0 Å². The van der Waals surface area contributed by atoms with Crippen molar-refractivity contribution in [1.29, 1.82) is 0 Å². The Morgan fingerprint density at radius 1 is 1.00 bits per heavy atom. The van der Waals surface area contributed by atoms with Gasteiger partial charge in [-0.15, -0.1) is 23.1 Å².